The summed E-state index contributed by atoms with van der Waals surface area (Å²) in [6.45, 7) is 1.80. The zero-order valence-corrected chi connectivity index (χ0v) is 8.90. The van der Waals surface area contributed by atoms with E-state index in [4.69, 9.17) is 0 Å². The maximum Gasteiger partial charge on any atom is 0.337 e. The van der Waals surface area contributed by atoms with Gasteiger partial charge in [0.2, 0.25) is 5.43 Å². The van der Waals surface area contributed by atoms with Crippen LogP contribution in [0.2, 0.25) is 0 Å². The number of benzene rings is 1. The van der Waals surface area contributed by atoms with Crippen molar-refractivity contribution in [1.29, 1.82) is 0 Å². The quantitative estimate of drug-likeness (QED) is 0.725. The van der Waals surface area contributed by atoms with Crippen LogP contribution in [0.15, 0.2) is 23.1 Å². The fraction of sp³-hybridized carbons (Fsp3) is 0.182. The van der Waals surface area contributed by atoms with Crippen LogP contribution in [0.5, 0.6) is 0 Å². The SMILES string of the molecule is COC(=O)c1cc(C)c2[nH]ncc(=O)c2c1. The van der Waals surface area contributed by atoms with E-state index < -0.39 is 5.97 Å². The van der Waals surface area contributed by atoms with E-state index in [0.29, 0.717) is 16.5 Å². The first-order chi connectivity index (χ1) is 7.63. The number of hydrogen-bond acceptors (Lipinski definition) is 4. The lowest BCUT2D eigenvalue weighted by molar-refractivity contribution is 0.0601. The van der Waals surface area contributed by atoms with Crippen molar-refractivity contribution in [3.05, 3.63) is 39.7 Å². The highest BCUT2D eigenvalue weighted by Crippen LogP contribution is 2.15. The summed E-state index contributed by atoms with van der Waals surface area (Å²) >= 11 is 0. The Morgan fingerprint density at radius 2 is 2.19 bits per heavy atom. The average Bonchev–Trinajstić information content (AvgIpc) is 2.29. The second-order valence-corrected chi connectivity index (χ2v) is 3.44. The summed E-state index contributed by atoms with van der Waals surface area (Å²) in [7, 11) is 1.30. The molecule has 5 heteroatoms. The van der Waals surface area contributed by atoms with E-state index in [9.17, 15) is 9.59 Å². The summed E-state index contributed by atoms with van der Waals surface area (Å²) in [5.41, 5.74) is 1.56. The van der Waals surface area contributed by atoms with Gasteiger partial charge in [0.15, 0.2) is 0 Å². The maximum absolute atomic E-state index is 11.6. The van der Waals surface area contributed by atoms with Gasteiger partial charge in [0, 0.05) is 5.39 Å². The second-order valence-electron chi connectivity index (χ2n) is 3.44. The number of hydrogen-bond donors (Lipinski definition) is 1. The van der Waals surface area contributed by atoms with Gasteiger partial charge in [-0.15, -0.1) is 0 Å². The Hall–Kier alpha value is -2.17. The molecule has 0 amide bonds. The van der Waals surface area contributed by atoms with Crippen LogP contribution in [0.3, 0.4) is 0 Å². The molecule has 5 nitrogen and oxygen atoms in total. The fourth-order valence-corrected chi connectivity index (χ4v) is 1.59. The van der Waals surface area contributed by atoms with Crippen molar-refractivity contribution in [3.8, 4) is 0 Å². The molecule has 0 saturated heterocycles. The number of aromatic amines is 1. The van der Waals surface area contributed by atoms with Gasteiger partial charge in [-0.1, -0.05) is 0 Å². The first kappa shape index (κ1) is 10.4. The van der Waals surface area contributed by atoms with Crippen LogP contribution in [0, 0.1) is 6.92 Å². The van der Waals surface area contributed by atoms with Gasteiger partial charge >= 0.3 is 5.97 Å². The molecule has 16 heavy (non-hydrogen) atoms. The van der Waals surface area contributed by atoms with Crippen molar-refractivity contribution in [3.63, 3.8) is 0 Å². The molecule has 0 aliphatic heterocycles. The molecule has 0 unspecified atom stereocenters. The van der Waals surface area contributed by atoms with Crippen LogP contribution in [0.25, 0.3) is 10.9 Å². The van der Waals surface area contributed by atoms with E-state index in [2.05, 4.69) is 14.9 Å². The molecule has 0 bridgehead atoms. The second kappa shape index (κ2) is 3.77. The van der Waals surface area contributed by atoms with Crippen LogP contribution >= 0.6 is 0 Å². The molecule has 0 spiro atoms. The van der Waals surface area contributed by atoms with E-state index in [1.54, 1.807) is 13.0 Å². The summed E-state index contributed by atoms with van der Waals surface area (Å²) in [6.07, 6.45) is 1.18. The molecule has 0 aliphatic rings. The normalized spacial score (nSPS) is 10.4. The molecular weight excluding hydrogens is 208 g/mol. The highest BCUT2D eigenvalue weighted by atomic mass is 16.5. The Morgan fingerprint density at radius 1 is 1.44 bits per heavy atom. The Kier molecular flexibility index (Phi) is 2.44. The summed E-state index contributed by atoms with van der Waals surface area (Å²) < 4.78 is 4.61. The predicted molar refractivity (Wildman–Crippen MR) is 58.4 cm³/mol. The number of nitrogens with one attached hydrogen (secondary N) is 1. The Bertz CT molecular complexity index is 616. The highest BCUT2D eigenvalue weighted by molar-refractivity contribution is 5.95. The monoisotopic (exact) mass is 218 g/mol. The molecule has 2 aromatic rings. The molecule has 1 aromatic carbocycles. The number of aromatic nitrogens is 2. The summed E-state index contributed by atoms with van der Waals surface area (Å²) in [5, 5.41) is 6.90. The minimum absolute atomic E-state index is 0.220. The standard InChI is InChI=1S/C11H10N2O3/c1-6-3-7(11(15)16-2)4-8-9(14)5-12-13-10(6)8/h3-5H,1-2H3,(H,13,14). The number of carbonyl (C=O) groups excluding carboxylic acids is 1. The molecule has 0 aliphatic carbocycles. The smallest absolute Gasteiger partial charge is 0.337 e. The topological polar surface area (TPSA) is 72.1 Å². The van der Waals surface area contributed by atoms with Crippen molar-refractivity contribution >= 4 is 16.9 Å². The lowest BCUT2D eigenvalue weighted by Crippen LogP contribution is -2.08. The number of rotatable bonds is 1. The average molecular weight is 218 g/mol. The van der Waals surface area contributed by atoms with Crippen LogP contribution in [0.4, 0.5) is 0 Å². The first-order valence-corrected chi connectivity index (χ1v) is 4.70. The molecule has 0 fully saturated rings. The molecule has 2 rings (SSSR count). The Labute approximate surface area is 91.1 Å². The number of esters is 1. The third-order valence-electron chi connectivity index (χ3n) is 2.38. The maximum atomic E-state index is 11.6. The van der Waals surface area contributed by atoms with Gasteiger partial charge in [0.05, 0.1) is 24.4 Å². The highest BCUT2D eigenvalue weighted by Gasteiger charge is 2.10. The zero-order chi connectivity index (χ0) is 11.7. The summed E-state index contributed by atoms with van der Waals surface area (Å²) in [5.74, 6) is -0.457. The van der Waals surface area contributed by atoms with Crippen LogP contribution in [-0.2, 0) is 4.74 Å². The molecular formula is C11H10N2O3. The third-order valence-corrected chi connectivity index (χ3v) is 2.38. The van der Waals surface area contributed by atoms with E-state index in [0.717, 1.165) is 5.56 Å². The number of fused-ring (bicyclic) bond motifs is 1. The fourth-order valence-electron chi connectivity index (χ4n) is 1.59. The van der Waals surface area contributed by atoms with E-state index in [-0.39, 0.29) is 5.43 Å². The van der Waals surface area contributed by atoms with Gasteiger partial charge in [-0.3, -0.25) is 9.89 Å². The van der Waals surface area contributed by atoms with E-state index in [1.165, 1.54) is 19.4 Å². The van der Waals surface area contributed by atoms with Crippen molar-refractivity contribution in [2.45, 2.75) is 6.92 Å². The van der Waals surface area contributed by atoms with Crippen molar-refractivity contribution in [2.24, 2.45) is 0 Å². The van der Waals surface area contributed by atoms with E-state index >= 15 is 0 Å². The first-order valence-electron chi connectivity index (χ1n) is 4.70. The molecule has 82 valence electrons. The largest absolute Gasteiger partial charge is 0.465 e. The molecule has 0 saturated carbocycles. The number of carbonyl (C=O) groups is 1. The Morgan fingerprint density at radius 3 is 2.88 bits per heavy atom. The Balaban J connectivity index is 2.80. The van der Waals surface area contributed by atoms with Crippen LogP contribution in [-0.4, -0.2) is 23.3 Å². The lowest BCUT2D eigenvalue weighted by atomic mass is 10.1. The molecule has 1 aromatic heterocycles. The predicted octanol–water partition coefficient (Wildman–Crippen LogP) is 1.02. The number of methoxy groups -OCH3 is 1. The number of ether oxygens (including phenoxy) is 1. The van der Waals surface area contributed by atoms with Crippen LogP contribution in [0.1, 0.15) is 15.9 Å². The van der Waals surface area contributed by atoms with Gasteiger partial charge in [-0.25, -0.2) is 4.79 Å². The molecule has 1 N–H and O–H groups in total. The van der Waals surface area contributed by atoms with Gasteiger partial charge in [0.25, 0.3) is 0 Å². The van der Waals surface area contributed by atoms with Gasteiger partial charge in [-0.05, 0) is 24.6 Å². The number of nitrogens with zero attached hydrogens (tertiary/aromatic N) is 1. The minimum Gasteiger partial charge on any atom is -0.465 e. The lowest BCUT2D eigenvalue weighted by Gasteiger charge is -2.04. The van der Waals surface area contributed by atoms with Gasteiger partial charge in [-0.2, -0.15) is 5.10 Å². The zero-order valence-electron chi connectivity index (χ0n) is 8.90. The van der Waals surface area contributed by atoms with Crippen LogP contribution < -0.4 is 5.43 Å². The van der Waals surface area contributed by atoms with Gasteiger partial charge in [0.1, 0.15) is 0 Å². The van der Waals surface area contributed by atoms with Crippen molar-refractivity contribution in [1.82, 2.24) is 10.2 Å². The summed E-state index contributed by atoms with van der Waals surface area (Å²) in [4.78, 5) is 22.9. The summed E-state index contributed by atoms with van der Waals surface area (Å²) in [6, 6.07) is 3.17. The van der Waals surface area contributed by atoms with Crippen molar-refractivity contribution in [2.75, 3.05) is 7.11 Å². The molecule has 0 radical (unpaired) electrons. The molecule has 1 heterocycles. The third kappa shape index (κ3) is 1.56. The minimum atomic E-state index is -0.457. The van der Waals surface area contributed by atoms with Gasteiger partial charge < -0.3 is 4.74 Å². The molecule has 0 atom stereocenters. The number of H-pyrrole nitrogens is 1. The van der Waals surface area contributed by atoms with E-state index in [1.807, 2.05) is 0 Å². The number of aryl methyl sites for hydroxylation is 1. The van der Waals surface area contributed by atoms with Crippen molar-refractivity contribution < 1.29 is 9.53 Å².